The van der Waals surface area contributed by atoms with Gasteiger partial charge in [-0.3, -0.25) is 14.3 Å². The molecule has 1 aromatic rings. The molecule has 0 aliphatic carbocycles. The van der Waals surface area contributed by atoms with Crippen molar-refractivity contribution in [2.75, 3.05) is 13.2 Å². The molecule has 1 amide bonds. The van der Waals surface area contributed by atoms with Crippen molar-refractivity contribution >= 4 is 12.4 Å². The SMILES string of the molecule is Cn1nccc1CCC(=O)N[C@H]1CO[C@H]2[C@@H]1OC[C@H]2O.O=CO. The lowest BCUT2D eigenvalue weighted by Gasteiger charge is -2.17. The molecule has 0 aromatic carbocycles. The molecular weight excluding hydrogens is 306 g/mol. The van der Waals surface area contributed by atoms with Crippen LogP contribution in [0.4, 0.5) is 0 Å². The molecule has 0 saturated carbocycles. The second kappa shape index (κ2) is 8.04. The molecule has 3 heterocycles. The lowest BCUT2D eigenvalue weighted by atomic mass is 10.1. The molecule has 3 N–H and O–H groups in total. The average Bonchev–Trinajstić information content (AvgIpc) is 3.19. The minimum absolute atomic E-state index is 0.0366. The van der Waals surface area contributed by atoms with E-state index in [1.165, 1.54) is 0 Å². The Balaban J connectivity index is 0.000000595. The van der Waals surface area contributed by atoms with Crippen molar-refractivity contribution in [3.05, 3.63) is 18.0 Å². The Hall–Kier alpha value is -1.97. The Morgan fingerprint density at radius 3 is 2.83 bits per heavy atom. The zero-order valence-corrected chi connectivity index (χ0v) is 12.8. The predicted octanol–water partition coefficient (Wildman–Crippen LogP) is -1.30. The van der Waals surface area contributed by atoms with Crippen LogP contribution in [0.5, 0.6) is 0 Å². The number of amides is 1. The number of carbonyl (C=O) groups excluding carboxylic acids is 1. The number of carboxylic acid groups (broad SMARTS) is 1. The number of nitrogens with one attached hydrogen (secondary N) is 1. The van der Waals surface area contributed by atoms with Crippen LogP contribution in [0.25, 0.3) is 0 Å². The number of rotatable bonds is 4. The van der Waals surface area contributed by atoms with Gasteiger partial charge in [-0.25, -0.2) is 0 Å². The highest BCUT2D eigenvalue weighted by atomic mass is 16.6. The number of nitrogens with zero attached hydrogens (tertiary/aromatic N) is 2. The van der Waals surface area contributed by atoms with E-state index in [-0.39, 0.29) is 37.2 Å². The summed E-state index contributed by atoms with van der Waals surface area (Å²) < 4.78 is 12.7. The van der Waals surface area contributed by atoms with E-state index in [9.17, 15) is 9.90 Å². The number of aryl methyl sites for hydroxylation is 2. The van der Waals surface area contributed by atoms with Crippen LogP contribution in [0.15, 0.2) is 12.3 Å². The van der Waals surface area contributed by atoms with E-state index >= 15 is 0 Å². The van der Waals surface area contributed by atoms with Gasteiger partial charge < -0.3 is 25.0 Å². The Morgan fingerprint density at radius 2 is 2.17 bits per heavy atom. The van der Waals surface area contributed by atoms with Crippen LogP contribution in [-0.4, -0.2) is 69.9 Å². The first-order chi connectivity index (χ1) is 11.1. The molecule has 2 fully saturated rings. The quantitative estimate of drug-likeness (QED) is 0.587. The van der Waals surface area contributed by atoms with Gasteiger partial charge in [0.1, 0.15) is 18.3 Å². The Bertz CT molecular complexity index is 534. The fourth-order valence-electron chi connectivity index (χ4n) is 2.77. The molecular formula is C14H21N3O6. The number of aliphatic hydroxyl groups excluding tert-OH is 1. The summed E-state index contributed by atoms with van der Waals surface area (Å²) in [6, 6.07) is 1.73. The molecule has 2 aliphatic rings. The number of aromatic nitrogens is 2. The molecule has 128 valence electrons. The zero-order chi connectivity index (χ0) is 16.8. The summed E-state index contributed by atoms with van der Waals surface area (Å²) in [7, 11) is 1.86. The second-order valence-electron chi connectivity index (χ2n) is 5.39. The number of carbonyl (C=O) groups is 2. The molecule has 2 aliphatic heterocycles. The van der Waals surface area contributed by atoms with Crippen molar-refractivity contribution in [3.8, 4) is 0 Å². The molecule has 3 rings (SSSR count). The fraction of sp³-hybridized carbons (Fsp3) is 0.643. The zero-order valence-electron chi connectivity index (χ0n) is 12.8. The fourth-order valence-corrected chi connectivity index (χ4v) is 2.77. The van der Waals surface area contributed by atoms with Crippen LogP contribution >= 0.6 is 0 Å². The maximum Gasteiger partial charge on any atom is 0.290 e. The van der Waals surface area contributed by atoms with Crippen LogP contribution in [-0.2, 0) is 32.5 Å². The minimum atomic E-state index is -0.587. The number of hydrogen-bond acceptors (Lipinski definition) is 6. The third-order valence-corrected chi connectivity index (χ3v) is 3.90. The van der Waals surface area contributed by atoms with Crippen molar-refractivity contribution < 1.29 is 29.3 Å². The van der Waals surface area contributed by atoms with Gasteiger partial charge in [0.15, 0.2) is 0 Å². The van der Waals surface area contributed by atoms with Crippen molar-refractivity contribution in [3.63, 3.8) is 0 Å². The predicted molar refractivity (Wildman–Crippen MR) is 77.6 cm³/mol. The van der Waals surface area contributed by atoms with Gasteiger partial charge in [0, 0.05) is 25.4 Å². The molecule has 23 heavy (non-hydrogen) atoms. The van der Waals surface area contributed by atoms with Crippen molar-refractivity contribution in [1.29, 1.82) is 0 Å². The van der Waals surface area contributed by atoms with Crippen molar-refractivity contribution in [1.82, 2.24) is 15.1 Å². The monoisotopic (exact) mass is 327 g/mol. The smallest absolute Gasteiger partial charge is 0.290 e. The van der Waals surface area contributed by atoms with Gasteiger partial charge in [-0.05, 0) is 12.5 Å². The van der Waals surface area contributed by atoms with Gasteiger partial charge in [0.2, 0.25) is 5.91 Å². The molecule has 0 spiro atoms. The van der Waals surface area contributed by atoms with Gasteiger partial charge in [-0.15, -0.1) is 0 Å². The molecule has 0 unspecified atom stereocenters. The first-order valence-electron chi connectivity index (χ1n) is 7.32. The molecule has 1 aromatic heterocycles. The summed E-state index contributed by atoms with van der Waals surface area (Å²) in [6.07, 6.45) is 1.64. The maximum absolute atomic E-state index is 12.0. The number of fused-ring (bicyclic) bond motifs is 1. The molecule has 9 heteroatoms. The lowest BCUT2D eigenvalue weighted by Crippen LogP contribution is -2.44. The first-order valence-corrected chi connectivity index (χ1v) is 7.32. The molecule has 2 saturated heterocycles. The molecule has 0 radical (unpaired) electrons. The van der Waals surface area contributed by atoms with E-state index in [4.69, 9.17) is 19.4 Å². The van der Waals surface area contributed by atoms with E-state index < -0.39 is 6.10 Å². The summed E-state index contributed by atoms with van der Waals surface area (Å²) in [5.41, 5.74) is 1.02. The highest BCUT2D eigenvalue weighted by Crippen LogP contribution is 2.26. The first kappa shape index (κ1) is 17.4. The standard InChI is InChI=1S/C13H19N3O4.CH2O2/c1-16-8(4-5-14-16)2-3-11(18)15-9-6-19-13-10(17)7-20-12(9)13;2-1-3/h4-5,9-10,12-13,17H,2-3,6-7H2,1H3,(H,15,18);1H,(H,2,3)/t9-,10+,12+,13+;/m0./s1. The average molecular weight is 327 g/mol. The van der Waals surface area contributed by atoms with Gasteiger partial charge >= 0.3 is 0 Å². The highest BCUT2D eigenvalue weighted by Gasteiger charge is 2.47. The number of hydrogen-bond donors (Lipinski definition) is 3. The Labute approximate surface area is 133 Å². The van der Waals surface area contributed by atoms with E-state index in [1.807, 2.05) is 13.1 Å². The normalized spacial score (nSPS) is 28.6. The highest BCUT2D eigenvalue weighted by molar-refractivity contribution is 5.76. The Kier molecular flexibility index (Phi) is 6.08. The summed E-state index contributed by atoms with van der Waals surface area (Å²) in [5, 5.41) is 23.5. The van der Waals surface area contributed by atoms with Gasteiger partial charge in [-0.2, -0.15) is 5.10 Å². The van der Waals surface area contributed by atoms with Gasteiger partial charge in [0.25, 0.3) is 6.47 Å². The molecule has 0 bridgehead atoms. The summed E-state index contributed by atoms with van der Waals surface area (Å²) in [4.78, 5) is 20.3. The summed E-state index contributed by atoms with van der Waals surface area (Å²) >= 11 is 0. The van der Waals surface area contributed by atoms with E-state index in [0.29, 0.717) is 19.4 Å². The molecule has 9 nitrogen and oxygen atoms in total. The second-order valence-corrected chi connectivity index (χ2v) is 5.39. The van der Waals surface area contributed by atoms with Crippen molar-refractivity contribution in [2.24, 2.45) is 7.05 Å². The van der Waals surface area contributed by atoms with Crippen LogP contribution in [0, 0.1) is 0 Å². The third kappa shape index (κ3) is 4.27. The van der Waals surface area contributed by atoms with Crippen LogP contribution in [0.1, 0.15) is 12.1 Å². The lowest BCUT2D eigenvalue weighted by molar-refractivity contribution is -0.123. The number of aliphatic hydroxyl groups is 1. The van der Waals surface area contributed by atoms with Crippen molar-refractivity contribution in [2.45, 2.75) is 37.2 Å². The van der Waals surface area contributed by atoms with Gasteiger partial charge in [-0.1, -0.05) is 0 Å². The Morgan fingerprint density at radius 1 is 1.48 bits per heavy atom. The number of ether oxygens (including phenoxy) is 2. The van der Waals surface area contributed by atoms with Gasteiger partial charge in [0.05, 0.1) is 19.3 Å². The van der Waals surface area contributed by atoms with Crippen LogP contribution < -0.4 is 5.32 Å². The molecule has 4 atom stereocenters. The van der Waals surface area contributed by atoms with E-state index in [0.717, 1.165) is 5.69 Å². The maximum atomic E-state index is 12.0. The topological polar surface area (TPSA) is 123 Å². The summed E-state index contributed by atoms with van der Waals surface area (Å²) in [5.74, 6) is -0.0366. The van der Waals surface area contributed by atoms with Crippen LogP contribution in [0.2, 0.25) is 0 Å². The largest absolute Gasteiger partial charge is 0.483 e. The van der Waals surface area contributed by atoms with E-state index in [2.05, 4.69) is 10.4 Å². The third-order valence-electron chi connectivity index (χ3n) is 3.90. The van der Waals surface area contributed by atoms with Crippen LogP contribution in [0.3, 0.4) is 0 Å². The van der Waals surface area contributed by atoms with E-state index in [1.54, 1.807) is 10.9 Å². The minimum Gasteiger partial charge on any atom is -0.483 e. The summed E-state index contributed by atoms with van der Waals surface area (Å²) in [6.45, 7) is 0.417.